The van der Waals surface area contributed by atoms with Crippen molar-refractivity contribution < 1.29 is 22.7 Å². The Balaban J connectivity index is 2.03. The van der Waals surface area contributed by atoms with E-state index in [9.17, 15) is 18.0 Å². The Kier molecular flexibility index (Phi) is 5.76. The molecule has 0 aliphatic rings. The maximum absolute atomic E-state index is 11.9. The van der Waals surface area contributed by atoms with Crippen LogP contribution in [0.25, 0.3) is 0 Å². The molecule has 11 heteroatoms. The summed E-state index contributed by atoms with van der Waals surface area (Å²) in [7, 11) is -4.11. The Morgan fingerprint density at radius 3 is 2.72 bits per heavy atom. The zero-order valence-electron chi connectivity index (χ0n) is 12.4. The van der Waals surface area contributed by atoms with Crippen LogP contribution in [0.4, 0.5) is 5.00 Å². The Labute approximate surface area is 151 Å². The monoisotopic (exact) mass is 399 g/mol. The summed E-state index contributed by atoms with van der Waals surface area (Å²) in [5.41, 5.74) is 0.162. The summed E-state index contributed by atoms with van der Waals surface area (Å²) in [5, 5.41) is 18.1. The molecule has 0 saturated heterocycles. The molecule has 25 heavy (non-hydrogen) atoms. The van der Waals surface area contributed by atoms with Gasteiger partial charge in [-0.1, -0.05) is 11.6 Å². The number of amides is 1. The number of hydrogen-bond donors (Lipinski definition) is 2. The Morgan fingerprint density at radius 2 is 2.08 bits per heavy atom. The number of ether oxygens (including phenoxy) is 1. The van der Waals surface area contributed by atoms with E-state index in [1.54, 1.807) is 5.38 Å². The van der Waals surface area contributed by atoms with Crippen LogP contribution in [0.1, 0.15) is 15.9 Å². The normalized spacial score (nSPS) is 10.8. The molecular weight excluding hydrogens is 390 g/mol. The first-order valence-electron chi connectivity index (χ1n) is 6.49. The maximum atomic E-state index is 11.9. The third-order valence-corrected chi connectivity index (χ3v) is 5.07. The average Bonchev–Trinajstić information content (AvgIpc) is 2.99. The first kappa shape index (κ1) is 18.9. The van der Waals surface area contributed by atoms with Crippen molar-refractivity contribution in [2.24, 2.45) is 5.14 Å². The van der Waals surface area contributed by atoms with Gasteiger partial charge in [0.2, 0.25) is 10.0 Å². The van der Waals surface area contributed by atoms with Gasteiger partial charge in [0.05, 0.1) is 16.1 Å². The third kappa shape index (κ3) is 4.77. The smallest absolute Gasteiger partial charge is 0.338 e. The minimum absolute atomic E-state index is 0.130. The van der Waals surface area contributed by atoms with Crippen LogP contribution in [-0.2, 0) is 19.6 Å². The number of benzene rings is 1. The number of halogens is 1. The predicted octanol–water partition coefficient (Wildman–Crippen LogP) is 1.72. The molecule has 2 aromatic rings. The summed E-state index contributed by atoms with van der Waals surface area (Å²) < 4.78 is 27.6. The number of anilines is 1. The number of thiophene rings is 1. The molecule has 2 rings (SSSR count). The Morgan fingerprint density at radius 1 is 1.36 bits per heavy atom. The van der Waals surface area contributed by atoms with Crippen molar-refractivity contribution in [2.75, 3.05) is 11.9 Å². The number of nitriles is 1. The van der Waals surface area contributed by atoms with Gasteiger partial charge in [0.1, 0.15) is 16.0 Å². The molecule has 8 nitrogen and oxygen atoms in total. The van der Waals surface area contributed by atoms with Crippen LogP contribution >= 0.6 is 22.9 Å². The van der Waals surface area contributed by atoms with Crippen molar-refractivity contribution in [3.05, 3.63) is 45.8 Å². The summed E-state index contributed by atoms with van der Waals surface area (Å²) in [5.74, 6) is -1.57. The van der Waals surface area contributed by atoms with E-state index in [1.807, 2.05) is 6.07 Å². The molecule has 0 saturated carbocycles. The lowest BCUT2D eigenvalue weighted by molar-refractivity contribution is -0.119. The zero-order chi connectivity index (χ0) is 18.6. The third-order valence-electron chi connectivity index (χ3n) is 2.85. The lowest BCUT2D eigenvalue weighted by Gasteiger charge is -2.07. The van der Waals surface area contributed by atoms with Crippen molar-refractivity contribution in [3.8, 4) is 6.07 Å². The minimum Gasteiger partial charge on any atom is -0.452 e. The van der Waals surface area contributed by atoms with Gasteiger partial charge in [-0.3, -0.25) is 4.79 Å². The van der Waals surface area contributed by atoms with E-state index in [-0.39, 0.29) is 10.6 Å². The first-order chi connectivity index (χ1) is 11.7. The summed E-state index contributed by atoms with van der Waals surface area (Å²) >= 11 is 6.87. The second kappa shape index (κ2) is 7.62. The Bertz CT molecular complexity index is 979. The van der Waals surface area contributed by atoms with Crippen molar-refractivity contribution in [1.82, 2.24) is 0 Å². The van der Waals surface area contributed by atoms with Gasteiger partial charge >= 0.3 is 5.97 Å². The number of primary sulfonamides is 1. The molecule has 1 amide bonds. The highest BCUT2D eigenvalue weighted by Crippen LogP contribution is 2.23. The summed E-state index contributed by atoms with van der Waals surface area (Å²) in [4.78, 5) is 23.3. The molecule has 0 radical (unpaired) electrons. The predicted molar refractivity (Wildman–Crippen MR) is 90.8 cm³/mol. The molecule has 0 unspecified atom stereocenters. The van der Waals surface area contributed by atoms with E-state index in [2.05, 4.69) is 5.32 Å². The van der Waals surface area contributed by atoms with Gasteiger partial charge < -0.3 is 10.1 Å². The second-order valence-corrected chi connectivity index (χ2v) is 7.44. The SMILES string of the molecule is N#Cc1ccsc1NC(=O)COC(=O)c1ccc(Cl)c(S(N)(=O)=O)c1. The first-order valence-corrected chi connectivity index (χ1v) is 9.29. The van der Waals surface area contributed by atoms with E-state index in [0.717, 1.165) is 17.4 Å². The van der Waals surface area contributed by atoms with Gasteiger partial charge in [-0.05, 0) is 29.6 Å². The van der Waals surface area contributed by atoms with E-state index in [0.29, 0.717) is 10.6 Å². The van der Waals surface area contributed by atoms with Crippen LogP contribution in [0.2, 0.25) is 5.02 Å². The molecule has 1 heterocycles. The number of nitrogens with one attached hydrogen (secondary N) is 1. The lowest BCUT2D eigenvalue weighted by atomic mass is 10.2. The lowest BCUT2D eigenvalue weighted by Crippen LogP contribution is -2.21. The largest absolute Gasteiger partial charge is 0.452 e. The molecule has 3 N–H and O–H groups in total. The topological polar surface area (TPSA) is 139 Å². The quantitative estimate of drug-likeness (QED) is 0.733. The fourth-order valence-electron chi connectivity index (χ4n) is 1.72. The van der Waals surface area contributed by atoms with Gasteiger partial charge in [0.25, 0.3) is 5.91 Å². The number of nitrogens with two attached hydrogens (primary N) is 1. The molecule has 0 aliphatic carbocycles. The van der Waals surface area contributed by atoms with E-state index < -0.39 is 33.4 Å². The van der Waals surface area contributed by atoms with Gasteiger partial charge in [0, 0.05) is 0 Å². The van der Waals surface area contributed by atoms with Crippen molar-refractivity contribution in [3.63, 3.8) is 0 Å². The molecule has 0 bridgehead atoms. The maximum Gasteiger partial charge on any atom is 0.338 e. The zero-order valence-corrected chi connectivity index (χ0v) is 14.7. The standard InChI is InChI=1S/C14H10ClN3O5S2/c15-10-2-1-8(5-11(10)25(17,21)22)14(20)23-7-12(19)18-13-9(6-16)3-4-24-13/h1-5H,7H2,(H,18,19)(H2,17,21,22). The fraction of sp³-hybridized carbons (Fsp3) is 0.0714. The summed E-state index contributed by atoms with van der Waals surface area (Å²) in [6.45, 7) is -0.616. The molecule has 0 spiro atoms. The minimum atomic E-state index is -4.11. The molecule has 1 aromatic carbocycles. The van der Waals surface area contributed by atoms with Gasteiger partial charge in [0.15, 0.2) is 6.61 Å². The molecule has 0 aliphatic heterocycles. The van der Waals surface area contributed by atoms with Gasteiger partial charge in [-0.25, -0.2) is 18.4 Å². The number of esters is 1. The number of sulfonamides is 1. The highest BCUT2D eigenvalue weighted by Gasteiger charge is 2.18. The van der Waals surface area contributed by atoms with Crippen LogP contribution < -0.4 is 10.5 Å². The van der Waals surface area contributed by atoms with Gasteiger partial charge in [-0.2, -0.15) is 5.26 Å². The van der Waals surface area contributed by atoms with Crippen molar-refractivity contribution in [2.45, 2.75) is 4.90 Å². The van der Waals surface area contributed by atoms with Gasteiger partial charge in [-0.15, -0.1) is 11.3 Å². The van der Waals surface area contributed by atoms with E-state index in [1.165, 1.54) is 18.2 Å². The number of hydrogen-bond acceptors (Lipinski definition) is 7. The summed E-state index contributed by atoms with van der Waals surface area (Å²) in [6.07, 6.45) is 0. The highest BCUT2D eigenvalue weighted by molar-refractivity contribution is 7.89. The Hall–Kier alpha value is -2.45. The van der Waals surface area contributed by atoms with Crippen molar-refractivity contribution in [1.29, 1.82) is 5.26 Å². The van der Waals surface area contributed by atoms with Crippen molar-refractivity contribution >= 4 is 49.8 Å². The van der Waals surface area contributed by atoms with Crippen LogP contribution in [-0.4, -0.2) is 26.9 Å². The number of carbonyl (C=O) groups excluding carboxylic acids is 2. The average molecular weight is 400 g/mol. The second-order valence-electron chi connectivity index (χ2n) is 4.59. The number of nitrogens with zero attached hydrogens (tertiary/aromatic N) is 1. The fourth-order valence-corrected chi connectivity index (χ4v) is 3.54. The molecule has 0 atom stereocenters. The molecule has 1 aromatic heterocycles. The van der Waals surface area contributed by atoms with E-state index >= 15 is 0 Å². The highest BCUT2D eigenvalue weighted by atomic mass is 35.5. The summed E-state index contributed by atoms with van der Waals surface area (Å²) in [6, 6.07) is 6.83. The molecule has 0 fully saturated rings. The van der Waals surface area contributed by atoms with Crippen LogP contribution in [0, 0.1) is 11.3 Å². The number of rotatable bonds is 5. The molecule has 130 valence electrons. The molecular formula is C14H10ClN3O5S2. The van der Waals surface area contributed by atoms with Crippen LogP contribution in [0.15, 0.2) is 34.5 Å². The number of carbonyl (C=O) groups is 2. The van der Waals surface area contributed by atoms with Crippen LogP contribution in [0.3, 0.4) is 0 Å². The van der Waals surface area contributed by atoms with Crippen LogP contribution in [0.5, 0.6) is 0 Å². The van der Waals surface area contributed by atoms with E-state index in [4.69, 9.17) is 26.7 Å².